The monoisotopic (exact) mass is 235 g/mol. The fraction of sp³-hybridized carbons (Fsp3) is 0.100. The van der Waals surface area contributed by atoms with Crippen molar-refractivity contribution in [1.29, 1.82) is 0 Å². The Labute approximate surface area is 96.0 Å². The summed E-state index contributed by atoms with van der Waals surface area (Å²) in [5.74, 6) is -0.454. The summed E-state index contributed by atoms with van der Waals surface area (Å²) in [6.45, 7) is 1.89. The van der Waals surface area contributed by atoms with Gasteiger partial charge in [0.1, 0.15) is 0 Å². The normalized spacial score (nSPS) is 10.1. The highest BCUT2D eigenvalue weighted by atomic mass is 32.1. The van der Waals surface area contributed by atoms with Gasteiger partial charge in [0.25, 0.3) is 5.69 Å². The van der Waals surface area contributed by atoms with E-state index in [1.54, 1.807) is 18.3 Å². The van der Waals surface area contributed by atoms with E-state index in [-0.39, 0.29) is 5.69 Å². The number of carbonyl (C=O) groups is 1. The Morgan fingerprint density at radius 3 is 3.00 bits per heavy atom. The minimum atomic E-state index is -0.454. The first kappa shape index (κ1) is 10.6. The highest BCUT2D eigenvalue weighted by Gasteiger charge is 2.15. The summed E-state index contributed by atoms with van der Waals surface area (Å²) >= 11 is 1.36. The molecule has 2 rings (SSSR count). The molecule has 6 heteroatoms. The average Bonchev–Trinajstić information content (AvgIpc) is 2.64. The molecule has 0 aliphatic heterocycles. The number of rotatable bonds is 2. The zero-order valence-corrected chi connectivity index (χ0v) is 9.32. The van der Waals surface area contributed by atoms with Crippen LogP contribution in [0.15, 0.2) is 30.6 Å². The van der Waals surface area contributed by atoms with Crippen molar-refractivity contribution in [3.05, 3.63) is 46.4 Å². The lowest BCUT2D eigenvalue weighted by atomic mass is 10.3. The molecule has 0 aliphatic carbocycles. The summed E-state index contributed by atoms with van der Waals surface area (Å²) in [4.78, 5) is 16.7. The molecule has 0 spiro atoms. The number of hydrogen-bond acceptors (Lipinski definition) is 4. The van der Waals surface area contributed by atoms with E-state index < -0.39 is 5.91 Å². The highest BCUT2D eigenvalue weighted by molar-refractivity contribution is 7.15. The fourth-order valence-electron chi connectivity index (χ4n) is 1.18. The molecule has 1 amide bonds. The van der Waals surface area contributed by atoms with Gasteiger partial charge in [-0.2, -0.15) is 4.73 Å². The van der Waals surface area contributed by atoms with Crippen molar-refractivity contribution in [2.45, 2.75) is 6.92 Å². The number of amides is 1. The van der Waals surface area contributed by atoms with Crippen molar-refractivity contribution in [3.8, 4) is 0 Å². The summed E-state index contributed by atoms with van der Waals surface area (Å²) in [5.41, 5.74) is 0.0513. The second-order valence-electron chi connectivity index (χ2n) is 3.14. The topological polar surface area (TPSA) is 68.9 Å². The standard InChI is InChI=1S/C10H9N3O2S/c1-7-6-11-10(16-7)12-9(14)8-4-2-3-5-13(8)15/h2-6H,1H3,(H,11,12,14). The van der Waals surface area contributed by atoms with Crippen LogP contribution in [0.5, 0.6) is 0 Å². The summed E-state index contributed by atoms with van der Waals surface area (Å²) in [6, 6.07) is 4.66. The summed E-state index contributed by atoms with van der Waals surface area (Å²) in [5, 5.41) is 14.4. The number of aromatic nitrogens is 2. The Bertz CT molecular complexity index is 524. The zero-order chi connectivity index (χ0) is 11.5. The molecule has 5 nitrogen and oxygen atoms in total. The van der Waals surface area contributed by atoms with Crippen LogP contribution in [0.1, 0.15) is 15.4 Å². The second-order valence-corrected chi connectivity index (χ2v) is 4.38. The molecule has 2 aromatic rings. The van der Waals surface area contributed by atoms with Crippen LogP contribution in [0.3, 0.4) is 0 Å². The lowest BCUT2D eigenvalue weighted by Gasteiger charge is -2.02. The summed E-state index contributed by atoms with van der Waals surface area (Å²) < 4.78 is 0.524. The van der Waals surface area contributed by atoms with E-state index in [1.165, 1.54) is 23.6 Å². The third-order valence-electron chi connectivity index (χ3n) is 1.90. The molecule has 0 saturated heterocycles. The third kappa shape index (κ3) is 2.17. The van der Waals surface area contributed by atoms with E-state index >= 15 is 0 Å². The van der Waals surface area contributed by atoms with Crippen LogP contribution in [0.25, 0.3) is 0 Å². The van der Waals surface area contributed by atoms with Crippen LogP contribution >= 0.6 is 11.3 Å². The van der Waals surface area contributed by atoms with Crippen molar-refractivity contribution in [2.75, 3.05) is 5.32 Å². The van der Waals surface area contributed by atoms with Crippen LogP contribution in [-0.4, -0.2) is 10.9 Å². The Balaban J connectivity index is 2.18. The van der Waals surface area contributed by atoms with E-state index in [1.807, 2.05) is 6.92 Å². The van der Waals surface area contributed by atoms with Crippen LogP contribution in [0.4, 0.5) is 5.13 Å². The lowest BCUT2D eigenvalue weighted by Crippen LogP contribution is -2.36. The fourth-order valence-corrected chi connectivity index (χ4v) is 1.84. The molecule has 2 aromatic heterocycles. The minimum absolute atomic E-state index is 0.0513. The van der Waals surface area contributed by atoms with Gasteiger partial charge in [-0.05, 0) is 13.0 Å². The molecule has 0 saturated carbocycles. The Hall–Kier alpha value is -1.95. The first-order chi connectivity index (χ1) is 7.66. The molecule has 1 N–H and O–H groups in total. The number of thiazole rings is 1. The Morgan fingerprint density at radius 2 is 2.38 bits per heavy atom. The number of anilines is 1. The first-order valence-corrected chi connectivity index (χ1v) is 5.40. The molecule has 0 unspecified atom stereocenters. The molecule has 0 bridgehead atoms. The van der Waals surface area contributed by atoms with Gasteiger partial charge in [0, 0.05) is 23.2 Å². The molecule has 16 heavy (non-hydrogen) atoms. The first-order valence-electron chi connectivity index (χ1n) is 4.59. The van der Waals surface area contributed by atoms with Gasteiger partial charge < -0.3 is 5.21 Å². The van der Waals surface area contributed by atoms with Gasteiger partial charge in [-0.25, -0.2) is 4.98 Å². The van der Waals surface area contributed by atoms with Crippen molar-refractivity contribution in [1.82, 2.24) is 4.98 Å². The van der Waals surface area contributed by atoms with E-state index in [0.717, 1.165) is 4.88 Å². The largest absolute Gasteiger partial charge is 0.618 e. The van der Waals surface area contributed by atoms with Gasteiger partial charge >= 0.3 is 5.91 Å². The summed E-state index contributed by atoms with van der Waals surface area (Å²) in [7, 11) is 0. The second kappa shape index (κ2) is 4.28. The van der Waals surface area contributed by atoms with Crippen molar-refractivity contribution in [2.24, 2.45) is 0 Å². The van der Waals surface area contributed by atoms with Crippen molar-refractivity contribution < 1.29 is 9.52 Å². The molecule has 0 fully saturated rings. The average molecular weight is 235 g/mol. The van der Waals surface area contributed by atoms with Crippen LogP contribution < -0.4 is 10.0 Å². The number of pyridine rings is 1. The Kier molecular flexibility index (Phi) is 2.82. The predicted octanol–water partition coefficient (Wildman–Crippen LogP) is 1.34. The van der Waals surface area contributed by atoms with Crippen LogP contribution in [-0.2, 0) is 0 Å². The van der Waals surface area contributed by atoms with Gasteiger partial charge in [0.05, 0.1) is 0 Å². The number of aryl methyl sites for hydroxylation is 1. The SMILES string of the molecule is Cc1cnc(NC(=O)c2cccc[n+]2[O-])s1. The molecule has 82 valence electrons. The van der Waals surface area contributed by atoms with Gasteiger partial charge in [-0.3, -0.25) is 10.1 Å². The summed E-state index contributed by atoms with van der Waals surface area (Å²) in [6.07, 6.45) is 2.94. The lowest BCUT2D eigenvalue weighted by molar-refractivity contribution is -0.607. The molecular weight excluding hydrogens is 226 g/mol. The minimum Gasteiger partial charge on any atom is -0.618 e. The van der Waals surface area contributed by atoms with E-state index in [9.17, 15) is 10.0 Å². The number of carbonyl (C=O) groups excluding carboxylic acids is 1. The quantitative estimate of drug-likeness (QED) is 0.630. The third-order valence-corrected chi connectivity index (χ3v) is 2.73. The van der Waals surface area contributed by atoms with Crippen LogP contribution in [0, 0.1) is 12.1 Å². The molecule has 0 atom stereocenters. The van der Waals surface area contributed by atoms with Crippen LogP contribution in [0.2, 0.25) is 0 Å². The molecule has 0 radical (unpaired) electrons. The van der Waals surface area contributed by atoms with Crippen molar-refractivity contribution >= 4 is 22.4 Å². The molecule has 2 heterocycles. The number of hydrogen-bond donors (Lipinski definition) is 1. The zero-order valence-electron chi connectivity index (χ0n) is 8.51. The van der Waals surface area contributed by atoms with E-state index in [2.05, 4.69) is 10.3 Å². The molecular formula is C10H9N3O2S. The van der Waals surface area contributed by atoms with Gasteiger partial charge in [0.2, 0.25) is 0 Å². The highest BCUT2D eigenvalue weighted by Crippen LogP contribution is 2.16. The maximum Gasteiger partial charge on any atom is 0.323 e. The number of nitrogens with one attached hydrogen (secondary N) is 1. The van der Waals surface area contributed by atoms with Gasteiger partial charge in [0.15, 0.2) is 11.3 Å². The molecule has 0 aromatic carbocycles. The van der Waals surface area contributed by atoms with E-state index in [0.29, 0.717) is 9.86 Å². The maximum atomic E-state index is 11.7. The van der Waals surface area contributed by atoms with Gasteiger partial charge in [-0.15, -0.1) is 11.3 Å². The Morgan fingerprint density at radius 1 is 1.56 bits per heavy atom. The van der Waals surface area contributed by atoms with E-state index in [4.69, 9.17) is 0 Å². The van der Waals surface area contributed by atoms with Crippen molar-refractivity contribution in [3.63, 3.8) is 0 Å². The predicted molar refractivity (Wildman–Crippen MR) is 60.2 cm³/mol. The molecule has 0 aliphatic rings. The maximum absolute atomic E-state index is 11.7. The number of nitrogens with zero attached hydrogens (tertiary/aromatic N) is 2. The van der Waals surface area contributed by atoms with Gasteiger partial charge in [-0.1, -0.05) is 0 Å². The smallest absolute Gasteiger partial charge is 0.323 e.